The van der Waals surface area contributed by atoms with Gasteiger partial charge < -0.3 is 14.5 Å². The molecule has 5 nitrogen and oxygen atoms in total. The molecule has 22 heavy (non-hydrogen) atoms. The Bertz CT molecular complexity index is 705. The third-order valence-corrected chi connectivity index (χ3v) is 4.43. The van der Waals surface area contributed by atoms with E-state index in [2.05, 4.69) is 9.97 Å². The summed E-state index contributed by atoms with van der Waals surface area (Å²) in [5.41, 5.74) is 4.87. The van der Waals surface area contributed by atoms with Gasteiger partial charge in [0.1, 0.15) is 0 Å². The maximum atomic E-state index is 12.1. The number of ether oxygens (including phenoxy) is 2. The third kappa shape index (κ3) is 2.39. The van der Waals surface area contributed by atoms with Crippen LogP contribution in [0.25, 0.3) is 10.9 Å². The summed E-state index contributed by atoms with van der Waals surface area (Å²) in [5, 5.41) is 1.12. The molecule has 1 atom stereocenters. The lowest BCUT2D eigenvalue weighted by atomic mass is 9.84. The summed E-state index contributed by atoms with van der Waals surface area (Å²) >= 11 is 0. The highest BCUT2D eigenvalue weighted by Gasteiger charge is 2.27. The molecule has 1 aliphatic carbocycles. The van der Waals surface area contributed by atoms with E-state index in [1.165, 1.54) is 11.3 Å². The van der Waals surface area contributed by atoms with Gasteiger partial charge in [0.25, 0.3) is 0 Å². The minimum Gasteiger partial charge on any atom is -0.461 e. The number of aromatic nitrogens is 2. The molecule has 0 saturated heterocycles. The molecule has 3 rings (SSSR count). The van der Waals surface area contributed by atoms with Crippen molar-refractivity contribution >= 4 is 16.9 Å². The lowest BCUT2D eigenvalue weighted by Gasteiger charge is -2.22. The van der Waals surface area contributed by atoms with Crippen LogP contribution in [0.2, 0.25) is 0 Å². The number of esters is 1. The van der Waals surface area contributed by atoms with Gasteiger partial charge in [0, 0.05) is 24.1 Å². The average molecular weight is 302 g/mol. The number of hydrogen-bond donors (Lipinski definition) is 1. The summed E-state index contributed by atoms with van der Waals surface area (Å²) in [5.74, 6) is 0.0228. The van der Waals surface area contributed by atoms with Gasteiger partial charge in [-0.05, 0) is 44.2 Å². The van der Waals surface area contributed by atoms with Gasteiger partial charge in [-0.2, -0.15) is 0 Å². The van der Waals surface area contributed by atoms with Gasteiger partial charge in [-0.1, -0.05) is 0 Å². The smallest absolute Gasteiger partial charge is 0.357 e. The van der Waals surface area contributed by atoms with Crippen LogP contribution in [0.5, 0.6) is 0 Å². The molecule has 1 N–H and O–H groups in total. The van der Waals surface area contributed by atoms with Gasteiger partial charge in [-0.25, -0.2) is 9.78 Å². The molecule has 0 saturated carbocycles. The van der Waals surface area contributed by atoms with Crippen molar-refractivity contribution in [2.75, 3.05) is 20.3 Å². The van der Waals surface area contributed by atoms with E-state index in [1.54, 1.807) is 20.2 Å². The van der Waals surface area contributed by atoms with Gasteiger partial charge >= 0.3 is 5.97 Å². The first-order valence-corrected chi connectivity index (χ1v) is 7.83. The number of H-pyrrole nitrogens is 1. The molecule has 1 aliphatic rings. The van der Waals surface area contributed by atoms with Crippen molar-refractivity contribution in [2.24, 2.45) is 0 Å². The zero-order valence-electron chi connectivity index (χ0n) is 13.4. The summed E-state index contributed by atoms with van der Waals surface area (Å²) in [6.07, 6.45) is 5.06. The maximum absolute atomic E-state index is 12.1. The number of rotatable bonds is 4. The summed E-state index contributed by atoms with van der Waals surface area (Å²) in [7, 11) is 1.74. The Hall–Kier alpha value is -1.88. The molecule has 2 aromatic rings. The van der Waals surface area contributed by atoms with Crippen LogP contribution in [0.1, 0.15) is 53.0 Å². The Labute approximate surface area is 130 Å². The van der Waals surface area contributed by atoms with E-state index in [4.69, 9.17) is 9.47 Å². The van der Waals surface area contributed by atoms with Crippen LogP contribution in [0.4, 0.5) is 0 Å². The number of aromatic amines is 1. The fraction of sp³-hybridized carbons (Fsp3) is 0.529. The van der Waals surface area contributed by atoms with Crippen LogP contribution in [-0.4, -0.2) is 36.3 Å². The van der Waals surface area contributed by atoms with Gasteiger partial charge in [0.15, 0.2) is 5.69 Å². The summed E-state index contributed by atoms with van der Waals surface area (Å²) in [4.78, 5) is 19.9. The lowest BCUT2D eigenvalue weighted by Crippen LogP contribution is -2.14. The molecule has 0 bridgehead atoms. The molecule has 118 valence electrons. The van der Waals surface area contributed by atoms with Crippen molar-refractivity contribution in [3.63, 3.8) is 0 Å². The molecule has 0 fully saturated rings. The van der Waals surface area contributed by atoms with Crippen molar-refractivity contribution < 1.29 is 14.3 Å². The van der Waals surface area contributed by atoms with E-state index >= 15 is 0 Å². The van der Waals surface area contributed by atoms with E-state index in [0.717, 1.165) is 35.7 Å². The number of pyridine rings is 1. The predicted molar refractivity (Wildman–Crippen MR) is 84.3 cm³/mol. The Kier molecular flexibility index (Phi) is 4.16. The SMILES string of the molecule is CCOC(=O)c1ncc2[nH]c3c(c2c1C)C(COC)CCC3. The molecule has 0 radical (unpaired) electrons. The second-order valence-electron chi connectivity index (χ2n) is 5.80. The molecule has 5 heteroatoms. The van der Waals surface area contributed by atoms with Crippen LogP contribution in [-0.2, 0) is 15.9 Å². The van der Waals surface area contributed by atoms with E-state index in [9.17, 15) is 4.79 Å². The molecular weight excluding hydrogens is 280 g/mol. The molecule has 0 amide bonds. The number of methoxy groups -OCH3 is 1. The molecular formula is C17H22N2O3. The maximum Gasteiger partial charge on any atom is 0.357 e. The molecule has 2 aromatic heterocycles. The molecule has 2 heterocycles. The van der Waals surface area contributed by atoms with Crippen molar-refractivity contribution in [2.45, 2.75) is 39.0 Å². The van der Waals surface area contributed by atoms with Crippen LogP contribution < -0.4 is 0 Å². The number of aryl methyl sites for hydroxylation is 2. The highest BCUT2D eigenvalue weighted by molar-refractivity contribution is 5.97. The predicted octanol–water partition coefficient (Wildman–Crippen LogP) is 3.11. The van der Waals surface area contributed by atoms with E-state index < -0.39 is 0 Å². The van der Waals surface area contributed by atoms with E-state index in [1.807, 2.05) is 6.92 Å². The van der Waals surface area contributed by atoms with Gasteiger partial charge in [0.05, 0.1) is 24.9 Å². The van der Waals surface area contributed by atoms with Gasteiger partial charge in [-0.3, -0.25) is 0 Å². The van der Waals surface area contributed by atoms with Crippen molar-refractivity contribution in [1.29, 1.82) is 0 Å². The minimum absolute atomic E-state index is 0.351. The second-order valence-corrected chi connectivity index (χ2v) is 5.80. The van der Waals surface area contributed by atoms with Crippen molar-refractivity contribution in [3.8, 4) is 0 Å². The lowest BCUT2D eigenvalue weighted by molar-refractivity contribution is 0.0519. The second kappa shape index (κ2) is 6.08. The Balaban J connectivity index is 2.16. The Morgan fingerprint density at radius 1 is 1.50 bits per heavy atom. The first kappa shape index (κ1) is 15.0. The Morgan fingerprint density at radius 2 is 2.32 bits per heavy atom. The fourth-order valence-corrected chi connectivity index (χ4v) is 3.52. The Morgan fingerprint density at radius 3 is 3.05 bits per heavy atom. The topological polar surface area (TPSA) is 64.2 Å². The summed E-state index contributed by atoms with van der Waals surface area (Å²) < 4.78 is 10.5. The van der Waals surface area contributed by atoms with Gasteiger partial charge in [-0.15, -0.1) is 0 Å². The standard InChI is InChI=1S/C17H22N2O3/c1-4-22-17(20)16-10(2)14-13(8-18-16)19-12-7-5-6-11(9-21-3)15(12)14/h8,11,19H,4-7,9H2,1-3H3. The monoisotopic (exact) mass is 302 g/mol. The zero-order chi connectivity index (χ0) is 15.7. The number of nitrogens with zero attached hydrogens (tertiary/aromatic N) is 1. The van der Waals surface area contributed by atoms with Crippen molar-refractivity contribution in [3.05, 3.63) is 28.7 Å². The normalized spacial score (nSPS) is 17.5. The van der Waals surface area contributed by atoms with Gasteiger partial charge in [0.2, 0.25) is 0 Å². The fourth-order valence-electron chi connectivity index (χ4n) is 3.52. The highest BCUT2D eigenvalue weighted by atomic mass is 16.5. The third-order valence-electron chi connectivity index (χ3n) is 4.43. The molecule has 0 aliphatic heterocycles. The van der Waals surface area contributed by atoms with Crippen LogP contribution >= 0.6 is 0 Å². The minimum atomic E-state index is -0.351. The van der Waals surface area contributed by atoms with Crippen LogP contribution in [0.15, 0.2) is 6.20 Å². The van der Waals surface area contributed by atoms with E-state index in [-0.39, 0.29) is 5.97 Å². The largest absolute Gasteiger partial charge is 0.461 e. The van der Waals surface area contributed by atoms with Crippen LogP contribution in [0.3, 0.4) is 0 Å². The summed E-state index contributed by atoms with van der Waals surface area (Å²) in [6, 6.07) is 0. The number of nitrogens with one attached hydrogen (secondary N) is 1. The highest BCUT2D eigenvalue weighted by Crippen LogP contribution is 2.39. The molecule has 1 unspecified atom stereocenters. The van der Waals surface area contributed by atoms with Crippen LogP contribution in [0, 0.1) is 6.92 Å². The zero-order valence-corrected chi connectivity index (χ0v) is 13.4. The molecule has 0 spiro atoms. The number of hydrogen-bond acceptors (Lipinski definition) is 4. The first-order valence-electron chi connectivity index (χ1n) is 7.83. The van der Waals surface area contributed by atoms with E-state index in [0.29, 0.717) is 24.8 Å². The molecule has 0 aromatic carbocycles. The quantitative estimate of drug-likeness (QED) is 0.881. The van der Waals surface area contributed by atoms with Crippen molar-refractivity contribution in [1.82, 2.24) is 9.97 Å². The number of carbonyl (C=O) groups is 1. The number of carbonyl (C=O) groups excluding carboxylic acids is 1. The summed E-state index contributed by atoms with van der Waals surface area (Å²) in [6.45, 7) is 4.82. The first-order chi connectivity index (χ1) is 10.7. The average Bonchev–Trinajstić information content (AvgIpc) is 2.88. The number of fused-ring (bicyclic) bond motifs is 3.